The Balaban J connectivity index is 4.22. The fraction of sp³-hybridized carbons (Fsp3) is 1.00. The summed E-state index contributed by atoms with van der Waals surface area (Å²) < 4.78 is 5.79. The molecule has 0 spiro atoms. The van der Waals surface area contributed by atoms with E-state index in [1.165, 1.54) is 25.7 Å². The van der Waals surface area contributed by atoms with Crippen molar-refractivity contribution in [2.24, 2.45) is 11.3 Å². The summed E-state index contributed by atoms with van der Waals surface area (Å²) >= 11 is 0. The number of ether oxygens (including phenoxy) is 1. The number of hydrogen-bond acceptors (Lipinski definition) is 1. The van der Waals surface area contributed by atoms with Crippen LogP contribution in [0.3, 0.4) is 0 Å². The highest BCUT2D eigenvalue weighted by molar-refractivity contribution is 4.78. The van der Waals surface area contributed by atoms with Crippen molar-refractivity contribution in [3.63, 3.8) is 0 Å². The molecule has 0 bridgehead atoms. The van der Waals surface area contributed by atoms with Crippen molar-refractivity contribution in [2.75, 3.05) is 13.2 Å². The van der Waals surface area contributed by atoms with Gasteiger partial charge in [-0.15, -0.1) is 0 Å². The standard InChI is InChI=1S/C14H30O/c1-6-9-14(8-3,11-13(4)5)12-15-10-7-2/h13H,6-12H2,1-5H3. The summed E-state index contributed by atoms with van der Waals surface area (Å²) in [6.45, 7) is 13.3. The summed E-state index contributed by atoms with van der Waals surface area (Å²) in [6, 6.07) is 0. The van der Waals surface area contributed by atoms with E-state index in [9.17, 15) is 0 Å². The van der Waals surface area contributed by atoms with E-state index in [-0.39, 0.29) is 0 Å². The van der Waals surface area contributed by atoms with Crippen LogP contribution >= 0.6 is 0 Å². The highest BCUT2D eigenvalue weighted by Crippen LogP contribution is 2.35. The van der Waals surface area contributed by atoms with E-state index < -0.39 is 0 Å². The Hall–Kier alpha value is -0.0400. The molecule has 0 aliphatic heterocycles. The van der Waals surface area contributed by atoms with Crippen LogP contribution in [0.4, 0.5) is 0 Å². The molecule has 1 heteroatoms. The van der Waals surface area contributed by atoms with Gasteiger partial charge in [0.25, 0.3) is 0 Å². The van der Waals surface area contributed by atoms with E-state index in [0.717, 1.165) is 25.6 Å². The van der Waals surface area contributed by atoms with E-state index in [0.29, 0.717) is 5.41 Å². The first-order chi connectivity index (χ1) is 7.10. The maximum Gasteiger partial charge on any atom is 0.0522 e. The Morgan fingerprint density at radius 3 is 2.13 bits per heavy atom. The van der Waals surface area contributed by atoms with Crippen LogP contribution in [0.15, 0.2) is 0 Å². The monoisotopic (exact) mass is 214 g/mol. The van der Waals surface area contributed by atoms with E-state index in [4.69, 9.17) is 4.74 Å². The Morgan fingerprint density at radius 2 is 1.73 bits per heavy atom. The fourth-order valence-corrected chi connectivity index (χ4v) is 2.49. The largest absolute Gasteiger partial charge is 0.381 e. The molecule has 0 rings (SSSR count). The van der Waals surface area contributed by atoms with Crippen LogP contribution in [0, 0.1) is 11.3 Å². The number of hydrogen-bond donors (Lipinski definition) is 0. The fourth-order valence-electron chi connectivity index (χ4n) is 2.49. The SMILES string of the molecule is CCCOCC(CC)(CCC)CC(C)C. The summed E-state index contributed by atoms with van der Waals surface area (Å²) in [7, 11) is 0. The molecule has 0 amide bonds. The zero-order valence-electron chi connectivity index (χ0n) is 11.4. The van der Waals surface area contributed by atoms with Crippen LogP contribution in [0.1, 0.15) is 66.7 Å². The molecule has 0 fully saturated rings. The zero-order valence-corrected chi connectivity index (χ0v) is 11.4. The molecule has 1 unspecified atom stereocenters. The lowest BCUT2D eigenvalue weighted by Crippen LogP contribution is -2.28. The maximum absolute atomic E-state index is 5.79. The Labute approximate surface area is 96.6 Å². The minimum absolute atomic E-state index is 0.443. The summed E-state index contributed by atoms with van der Waals surface area (Å²) in [4.78, 5) is 0. The molecule has 0 saturated carbocycles. The second-order valence-electron chi connectivity index (χ2n) is 5.25. The van der Waals surface area contributed by atoms with Gasteiger partial charge in [0.05, 0.1) is 6.61 Å². The third-order valence-electron chi connectivity index (χ3n) is 3.13. The normalized spacial score (nSPS) is 15.6. The lowest BCUT2D eigenvalue weighted by Gasteiger charge is -2.34. The Bertz CT molecular complexity index is 142. The molecule has 0 radical (unpaired) electrons. The molecule has 0 heterocycles. The van der Waals surface area contributed by atoms with Gasteiger partial charge < -0.3 is 4.74 Å². The molecule has 92 valence electrons. The van der Waals surface area contributed by atoms with Crippen molar-refractivity contribution in [3.8, 4) is 0 Å². The van der Waals surface area contributed by atoms with Crippen molar-refractivity contribution in [3.05, 3.63) is 0 Å². The molecule has 0 aromatic heterocycles. The van der Waals surface area contributed by atoms with E-state index >= 15 is 0 Å². The van der Waals surface area contributed by atoms with Gasteiger partial charge in [-0.1, -0.05) is 41.0 Å². The molecular formula is C14H30O. The van der Waals surface area contributed by atoms with Crippen molar-refractivity contribution < 1.29 is 4.74 Å². The summed E-state index contributed by atoms with van der Waals surface area (Å²) in [6.07, 6.45) is 6.28. The summed E-state index contributed by atoms with van der Waals surface area (Å²) in [5.74, 6) is 0.779. The average Bonchev–Trinajstić information content (AvgIpc) is 2.17. The second kappa shape index (κ2) is 8.15. The summed E-state index contributed by atoms with van der Waals surface area (Å²) in [5, 5.41) is 0. The van der Waals surface area contributed by atoms with Gasteiger partial charge in [0.15, 0.2) is 0 Å². The molecule has 0 aliphatic rings. The van der Waals surface area contributed by atoms with Crippen LogP contribution in [-0.4, -0.2) is 13.2 Å². The van der Waals surface area contributed by atoms with Gasteiger partial charge in [0, 0.05) is 6.61 Å². The molecular weight excluding hydrogens is 184 g/mol. The zero-order chi connectivity index (χ0) is 11.7. The first kappa shape index (κ1) is 15.0. The van der Waals surface area contributed by atoms with Gasteiger partial charge in [-0.2, -0.15) is 0 Å². The van der Waals surface area contributed by atoms with Gasteiger partial charge in [0.2, 0.25) is 0 Å². The Kier molecular flexibility index (Phi) is 8.13. The minimum Gasteiger partial charge on any atom is -0.381 e. The maximum atomic E-state index is 5.79. The predicted molar refractivity (Wildman–Crippen MR) is 68.2 cm³/mol. The van der Waals surface area contributed by atoms with Crippen molar-refractivity contribution in [1.82, 2.24) is 0 Å². The van der Waals surface area contributed by atoms with E-state index in [1.807, 2.05) is 0 Å². The van der Waals surface area contributed by atoms with Gasteiger partial charge in [-0.3, -0.25) is 0 Å². The van der Waals surface area contributed by atoms with Crippen molar-refractivity contribution in [1.29, 1.82) is 0 Å². The predicted octanol–water partition coefficient (Wildman–Crippen LogP) is 4.66. The van der Waals surface area contributed by atoms with Crippen molar-refractivity contribution in [2.45, 2.75) is 66.7 Å². The van der Waals surface area contributed by atoms with Crippen LogP contribution in [0.5, 0.6) is 0 Å². The highest BCUT2D eigenvalue weighted by atomic mass is 16.5. The quantitative estimate of drug-likeness (QED) is 0.507. The molecule has 0 aliphatic carbocycles. The number of rotatable bonds is 9. The summed E-state index contributed by atoms with van der Waals surface area (Å²) in [5.41, 5.74) is 0.443. The smallest absolute Gasteiger partial charge is 0.0522 e. The van der Waals surface area contributed by atoms with Gasteiger partial charge in [0.1, 0.15) is 0 Å². The molecule has 0 saturated heterocycles. The third kappa shape index (κ3) is 6.19. The van der Waals surface area contributed by atoms with Gasteiger partial charge in [-0.25, -0.2) is 0 Å². The van der Waals surface area contributed by atoms with Crippen LogP contribution in [-0.2, 0) is 4.74 Å². The molecule has 1 nitrogen and oxygen atoms in total. The van der Waals surface area contributed by atoms with Crippen LogP contribution in [0.25, 0.3) is 0 Å². The highest BCUT2D eigenvalue weighted by Gasteiger charge is 2.28. The van der Waals surface area contributed by atoms with Crippen molar-refractivity contribution >= 4 is 0 Å². The van der Waals surface area contributed by atoms with Gasteiger partial charge in [-0.05, 0) is 37.0 Å². The molecule has 0 aromatic rings. The minimum atomic E-state index is 0.443. The first-order valence-corrected chi connectivity index (χ1v) is 6.68. The van der Waals surface area contributed by atoms with Crippen LogP contribution < -0.4 is 0 Å². The topological polar surface area (TPSA) is 9.23 Å². The lowest BCUT2D eigenvalue weighted by atomic mass is 9.75. The second-order valence-corrected chi connectivity index (χ2v) is 5.25. The Morgan fingerprint density at radius 1 is 1.07 bits per heavy atom. The van der Waals surface area contributed by atoms with Gasteiger partial charge >= 0.3 is 0 Å². The first-order valence-electron chi connectivity index (χ1n) is 6.68. The molecule has 1 atom stereocenters. The van der Waals surface area contributed by atoms with Crippen LogP contribution in [0.2, 0.25) is 0 Å². The molecule has 0 aromatic carbocycles. The average molecular weight is 214 g/mol. The lowest BCUT2D eigenvalue weighted by molar-refractivity contribution is 0.0219. The molecule has 15 heavy (non-hydrogen) atoms. The third-order valence-corrected chi connectivity index (χ3v) is 3.13. The molecule has 0 N–H and O–H groups in total. The van der Waals surface area contributed by atoms with E-state index in [1.54, 1.807) is 0 Å². The van der Waals surface area contributed by atoms with E-state index in [2.05, 4.69) is 34.6 Å².